The molecule has 3 N–H and O–H groups in total. The van der Waals surface area contributed by atoms with E-state index in [0.29, 0.717) is 36.4 Å². The van der Waals surface area contributed by atoms with Crippen molar-refractivity contribution in [1.82, 2.24) is 25.0 Å². The number of nitrogen functional groups attached to an aromatic ring is 1. The monoisotopic (exact) mass is 758 g/mol. The van der Waals surface area contributed by atoms with Crippen molar-refractivity contribution in [2.24, 2.45) is 0 Å². The minimum Gasteiger partial charge on any atom is -0.482 e. The van der Waals surface area contributed by atoms with Gasteiger partial charge in [-0.25, -0.2) is 9.37 Å². The second kappa shape index (κ2) is 16.3. The first-order valence-electron chi connectivity index (χ1n) is 14.6. The number of alkyl halides is 6. The Balaban J connectivity index is 0.000000482. The fourth-order valence-electron chi connectivity index (χ4n) is 4.38. The summed E-state index contributed by atoms with van der Waals surface area (Å²) in [6.07, 6.45) is -7.25. The average Bonchev–Trinajstić information content (AvgIpc) is 3.55. The number of amides is 1. The van der Waals surface area contributed by atoms with E-state index in [1.54, 1.807) is 50.1 Å². The molecular weight excluding hydrogens is 728 g/mol. The molecule has 1 aliphatic heterocycles. The molecule has 0 bridgehead atoms. The lowest BCUT2D eigenvalue weighted by Crippen LogP contribution is -2.48. The highest BCUT2D eigenvalue weighted by Gasteiger charge is 2.54. The summed E-state index contributed by atoms with van der Waals surface area (Å²) in [4.78, 5) is 38.7. The number of nitrogens with two attached hydrogens (primary N) is 1. The van der Waals surface area contributed by atoms with Gasteiger partial charge in [0.25, 0.3) is 0 Å². The molecule has 1 aliphatic rings. The van der Waals surface area contributed by atoms with Crippen LogP contribution in [-0.2, 0) is 24.7 Å². The van der Waals surface area contributed by atoms with Crippen molar-refractivity contribution in [1.29, 1.82) is 0 Å². The summed E-state index contributed by atoms with van der Waals surface area (Å²) in [5, 5.41) is 7.60. The zero-order valence-electron chi connectivity index (χ0n) is 26.6. The molecule has 0 spiro atoms. The zero-order valence-corrected chi connectivity index (χ0v) is 28.1. The molecule has 1 fully saturated rings. The van der Waals surface area contributed by atoms with Gasteiger partial charge < -0.3 is 20.5 Å². The number of ketones is 2. The largest absolute Gasteiger partial charge is 0.482 e. The summed E-state index contributed by atoms with van der Waals surface area (Å²) in [6, 6.07) is 4.32. The van der Waals surface area contributed by atoms with Gasteiger partial charge in [0.1, 0.15) is 17.5 Å². The summed E-state index contributed by atoms with van der Waals surface area (Å²) >= 11 is 12.4. The number of nitrogens with one attached hydrogen (secondary N) is 1. The Kier molecular flexibility index (Phi) is 13.2. The molecule has 1 unspecified atom stereocenters. The first-order valence-corrected chi connectivity index (χ1v) is 15.3. The molecule has 50 heavy (non-hydrogen) atoms. The van der Waals surface area contributed by atoms with Gasteiger partial charge in [0.15, 0.2) is 11.6 Å². The van der Waals surface area contributed by atoms with Gasteiger partial charge in [-0.15, -0.1) is 0 Å². The van der Waals surface area contributed by atoms with Gasteiger partial charge in [0, 0.05) is 60.3 Å². The van der Waals surface area contributed by atoms with Crippen LogP contribution >= 0.6 is 23.2 Å². The summed E-state index contributed by atoms with van der Waals surface area (Å²) in [5.41, 5.74) is 6.83. The quantitative estimate of drug-likeness (QED) is 0.155. The van der Waals surface area contributed by atoms with Crippen LogP contribution in [0.2, 0.25) is 10.0 Å². The average molecular weight is 760 g/mol. The van der Waals surface area contributed by atoms with Crippen LogP contribution in [0.1, 0.15) is 32.4 Å². The third-order valence-corrected chi connectivity index (χ3v) is 7.97. The standard InChI is InChI=1S/C26H31Cl2FN6O3.C4F6O2/c1-16(22-19(27)4-5-20(29)23(22)28)38-21-12-17(13-32-24(21)30)18-14-33-35(15-18)26(2,3)25(36)31-6-7-34-8-10-37-11-9-34;5-3(6,7)1(11)2(12)4(8,9)10/h4-5,12-16H,6-11H2,1-3H3,(H2,30,32)(H,31,36);. The molecule has 3 heterocycles. The van der Waals surface area contributed by atoms with Crippen molar-refractivity contribution in [3.05, 3.63) is 58.2 Å². The Morgan fingerprint density at radius 2 is 1.62 bits per heavy atom. The third-order valence-electron chi connectivity index (χ3n) is 7.25. The zero-order chi connectivity index (χ0) is 37.6. The van der Waals surface area contributed by atoms with E-state index in [0.717, 1.165) is 19.6 Å². The van der Waals surface area contributed by atoms with E-state index in [-0.39, 0.29) is 27.5 Å². The van der Waals surface area contributed by atoms with Crippen LogP contribution in [0.25, 0.3) is 11.1 Å². The number of aromatic nitrogens is 3. The van der Waals surface area contributed by atoms with E-state index in [1.807, 2.05) is 0 Å². The summed E-state index contributed by atoms with van der Waals surface area (Å²) < 4.78 is 93.9. The first-order chi connectivity index (χ1) is 23.1. The van der Waals surface area contributed by atoms with E-state index in [4.69, 9.17) is 38.4 Å². The Morgan fingerprint density at radius 3 is 2.20 bits per heavy atom. The molecule has 0 radical (unpaired) electrons. The molecule has 3 aromatic rings. The fourth-order valence-corrected chi connectivity index (χ4v) is 5.06. The number of ether oxygens (including phenoxy) is 2. The predicted octanol–water partition coefficient (Wildman–Crippen LogP) is 5.55. The number of morpholine rings is 1. The van der Waals surface area contributed by atoms with Crippen LogP contribution < -0.4 is 15.8 Å². The molecule has 1 atom stereocenters. The van der Waals surface area contributed by atoms with Crippen molar-refractivity contribution in [2.75, 3.05) is 45.1 Å². The number of carbonyl (C=O) groups excluding carboxylic acids is 3. The van der Waals surface area contributed by atoms with Crippen molar-refractivity contribution >= 4 is 46.5 Å². The number of nitrogens with zero attached hydrogens (tertiary/aromatic N) is 4. The minimum absolute atomic E-state index is 0.112. The second-order valence-electron chi connectivity index (χ2n) is 11.2. The van der Waals surface area contributed by atoms with Crippen LogP contribution in [0.3, 0.4) is 0 Å². The topological polar surface area (TPSA) is 142 Å². The number of hydrogen-bond acceptors (Lipinski definition) is 9. The summed E-state index contributed by atoms with van der Waals surface area (Å²) in [6.45, 7) is 9.76. The van der Waals surface area contributed by atoms with Gasteiger partial charge in [-0.05, 0) is 39.0 Å². The van der Waals surface area contributed by atoms with Gasteiger partial charge in [-0.1, -0.05) is 23.2 Å². The maximum atomic E-state index is 14.0. The van der Waals surface area contributed by atoms with Gasteiger partial charge in [0.2, 0.25) is 5.91 Å². The molecule has 1 aromatic carbocycles. The maximum Gasteiger partial charge on any atom is 0.458 e. The molecule has 1 saturated heterocycles. The normalized spacial score (nSPS) is 14.7. The van der Waals surface area contributed by atoms with Crippen LogP contribution in [0.5, 0.6) is 5.75 Å². The predicted molar refractivity (Wildman–Crippen MR) is 167 cm³/mol. The highest BCUT2D eigenvalue weighted by molar-refractivity contribution is 6.41. The van der Waals surface area contributed by atoms with Crippen molar-refractivity contribution in [3.8, 4) is 16.9 Å². The number of rotatable bonds is 10. The lowest BCUT2D eigenvalue weighted by molar-refractivity contribution is -0.193. The highest BCUT2D eigenvalue weighted by atomic mass is 35.5. The number of hydrogen-bond donors (Lipinski definition) is 2. The van der Waals surface area contributed by atoms with Gasteiger partial charge in [-0.2, -0.15) is 31.4 Å². The van der Waals surface area contributed by atoms with Crippen LogP contribution in [-0.4, -0.2) is 88.9 Å². The first kappa shape index (κ1) is 40.4. The molecule has 0 saturated carbocycles. The van der Waals surface area contributed by atoms with Crippen LogP contribution in [0, 0.1) is 5.82 Å². The molecule has 2 aromatic heterocycles. The second-order valence-corrected chi connectivity index (χ2v) is 12.0. The van der Waals surface area contributed by atoms with E-state index in [1.165, 1.54) is 12.1 Å². The van der Waals surface area contributed by atoms with Gasteiger partial charge in [-0.3, -0.25) is 24.0 Å². The highest BCUT2D eigenvalue weighted by Crippen LogP contribution is 2.37. The molecule has 0 aliphatic carbocycles. The SMILES string of the molecule is CC(Oc1cc(-c2cnn(C(C)(C)C(=O)NCCN3CCOCC3)c2)cnc1N)c1c(Cl)ccc(F)c1Cl.O=C(C(=O)C(F)(F)F)C(F)(F)F. The van der Waals surface area contributed by atoms with Crippen molar-refractivity contribution < 1.29 is 54.6 Å². The minimum atomic E-state index is -5.77. The van der Waals surface area contributed by atoms with Gasteiger partial charge >= 0.3 is 23.9 Å². The number of benzene rings is 1. The fraction of sp³-hybridized carbons (Fsp3) is 0.433. The molecule has 274 valence electrons. The van der Waals surface area contributed by atoms with Crippen molar-refractivity contribution in [2.45, 2.75) is 44.8 Å². The maximum absolute atomic E-state index is 14.0. The third kappa shape index (κ3) is 10.3. The van der Waals surface area contributed by atoms with E-state index in [9.17, 15) is 45.1 Å². The molecular formula is C30H31Cl2F7N6O5. The molecule has 1 amide bonds. The van der Waals surface area contributed by atoms with Crippen molar-refractivity contribution in [3.63, 3.8) is 0 Å². The number of carbonyl (C=O) groups is 3. The van der Waals surface area contributed by atoms with Gasteiger partial charge in [0.05, 0.1) is 24.4 Å². The number of Topliss-reactive ketones (excluding diaryl/α,β-unsaturated/α-hetero) is 2. The van der Waals surface area contributed by atoms with Crippen LogP contribution in [0.15, 0.2) is 36.8 Å². The molecule has 4 rings (SSSR count). The number of anilines is 1. The lowest BCUT2D eigenvalue weighted by Gasteiger charge is -2.28. The van der Waals surface area contributed by atoms with E-state index in [2.05, 4.69) is 20.3 Å². The Hall–Kier alpha value is -4.00. The summed E-state index contributed by atoms with van der Waals surface area (Å²) in [7, 11) is 0. The molecule has 11 nitrogen and oxygen atoms in total. The molecule has 20 heteroatoms. The van der Waals surface area contributed by atoms with E-state index < -0.39 is 41.4 Å². The van der Waals surface area contributed by atoms with Crippen LogP contribution in [0.4, 0.5) is 36.6 Å². The Labute approximate surface area is 290 Å². The number of halogens is 9. The van der Waals surface area contributed by atoms with E-state index >= 15 is 0 Å². The lowest BCUT2D eigenvalue weighted by atomic mass is 10.0. The Bertz CT molecular complexity index is 1670. The Morgan fingerprint density at radius 1 is 1.02 bits per heavy atom. The number of pyridine rings is 1. The smallest absolute Gasteiger partial charge is 0.458 e. The summed E-state index contributed by atoms with van der Waals surface area (Å²) in [5.74, 6) is -7.13.